The van der Waals surface area contributed by atoms with Crippen LogP contribution in [0.25, 0.3) is 0 Å². The Morgan fingerprint density at radius 3 is 2.60 bits per heavy atom. The van der Waals surface area contributed by atoms with E-state index in [4.69, 9.17) is 5.84 Å². The monoisotopic (exact) mass is 291 g/mol. The average Bonchev–Trinajstić information content (AvgIpc) is 3.03. The van der Waals surface area contributed by atoms with Crippen LogP contribution in [0.15, 0.2) is 24.0 Å². The van der Waals surface area contributed by atoms with E-state index in [1.54, 1.807) is 23.7 Å². The second-order valence-corrected chi connectivity index (χ2v) is 5.49. The standard InChI is InChI=1S/C12H17N7S/c13-17-11-8-15-10(7-16-11)9-18-2-4-19(5-3-18)12-14-1-6-20-12/h1,6-8H,2-5,9,13H2,(H,16,17). The first-order chi connectivity index (χ1) is 9.85. The maximum absolute atomic E-state index is 5.27. The lowest BCUT2D eigenvalue weighted by atomic mass is 10.3. The minimum absolute atomic E-state index is 0.585. The number of rotatable bonds is 4. The number of nitrogens with one attached hydrogen (secondary N) is 1. The second-order valence-electron chi connectivity index (χ2n) is 4.62. The van der Waals surface area contributed by atoms with Crippen LogP contribution in [0.4, 0.5) is 10.9 Å². The molecule has 2 aromatic rings. The normalized spacial score (nSPS) is 16.4. The molecule has 7 nitrogen and oxygen atoms in total. The van der Waals surface area contributed by atoms with E-state index >= 15 is 0 Å². The van der Waals surface area contributed by atoms with Gasteiger partial charge < -0.3 is 10.3 Å². The van der Waals surface area contributed by atoms with Gasteiger partial charge in [0.25, 0.3) is 0 Å². The van der Waals surface area contributed by atoms with Crippen molar-refractivity contribution in [2.75, 3.05) is 36.5 Å². The molecular weight excluding hydrogens is 274 g/mol. The number of aromatic nitrogens is 3. The number of anilines is 2. The molecule has 0 saturated carbocycles. The highest BCUT2D eigenvalue weighted by Gasteiger charge is 2.18. The topological polar surface area (TPSA) is 83.2 Å². The molecule has 0 aromatic carbocycles. The van der Waals surface area contributed by atoms with E-state index < -0.39 is 0 Å². The Bertz CT molecular complexity index is 519. The number of nitrogen functional groups attached to an aromatic ring is 1. The Hall–Kier alpha value is -1.77. The van der Waals surface area contributed by atoms with Gasteiger partial charge in [0.15, 0.2) is 10.9 Å². The number of hydrogen-bond donors (Lipinski definition) is 2. The Balaban J connectivity index is 1.53. The molecule has 8 heteroatoms. The van der Waals surface area contributed by atoms with Crippen LogP contribution in [0.5, 0.6) is 0 Å². The lowest BCUT2D eigenvalue weighted by Gasteiger charge is -2.34. The van der Waals surface area contributed by atoms with Crippen molar-refractivity contribution >= 4 is 22.3 Å². The van der Waals surface area contributed by atoms with Gasteiger partial charge in [-0.2, -0.15) is 0 Å². The molecule has 3 N–H and O–H groups in total. The van der Waals surface area contributed by atoms with Crippen molar-refractivity contribution in [3.63, 3.8) is 0 Å². The van der Waals surface area contributed by atoms with Gasteiger partial charge >= 0.3 is 0 Å². The third kappa shape index (κ3) is 3.03. The maximum Gasteiger partial charge on any atom is 0.185 e. The molecule has 0 radical (unpaired) electrons. The summed E-state index contributed by atoms with van der Waals surface area (Å²) in [6.45, 7) is 4.85. The van der Waals surface area contributed by atoms with Crippen molar-refractivity contribution in [2.45, 2.75) is 6.54 Å². The smallest absolute Gasteiger partial charge is 0.185 e. The van der Waals surface area contributed by atoms with E-state index in [0.29, 0.717) is 5.82 Å². The minimum Gasteiger partial charge on any atom is -0.346 e. The Kier molecular flexibility index (Phi) is 4.05. The molecule has 2 aromatic heterocycles. The number of hydrazine groups is 1. The molecule has 1 saturated heterocycles. The Morgan fingerprint density at radius 1 is 1.15 bits per heavy atom. The summed E-state index contributed by atoms with van der Waals surface area (Å²) in [5.41, 5.74) is 3.44. The number of thiazole rings is 1. The molecule has 0 aliphatic carbocycles. The molecule has 0 atom stereocenters. The number of nitrogens with zero attached hydrogens (tertiary/aromatic N) is 5. The molecule has 0 unspecified atom stereocenters. The molecule has 106 valence electrons. The Labute approximate surface area is 121 Å². The van der Waals surface area contributed by atoms with Crippen LogP contribution in [0.3, 0.4) is 0 Å². The van der Waals surface area contributed by atoms with Gasteiger partial charge in [0.1, 0.15) is 0 Å². The van der Waals surface area contributed by atoms with Crippen molar-refractivity contribution in [3.05, 3.63) is 29.7 Å². The number of piperazine rings is 1. The molecule has 20 heavy (non-hydrogen) atoms. The van der Waals surface area contributed by atoms with Crippen LogP contribution in [-0.4, -0.2) is 46.0 Å². The zero-order valence-corrected chi connectivity index (χ0v) is 11.9. The SMILES string of the molecule is NNc1cnc(CN2CCN(c3nccs3)CC2)cn1. The largest absolute Gasteiger partial charge is 0.346 e. The van der Waals surface area contributed by atoms with Crippen LogP contribution in [0.2, 0.25) is 0 Å². The zero-order valence-electron chi connectivity index (χ0n) is 11.1. The molecule has 0 spiro atoms. The number of hydrogen-bond acceptors (Lipinski definition) is 8. The van der Waals surface area contributed by atoms with Gasteiger partial charge in [-0.15, -0.1) is 11.3 Å². The predicted molar refractivity (Wildman–Crippen MR) is 79.4 cm³/mol. The highest BCUT2D eigenvalue weighted by molar-refractivity contribution is 7.13. The molecule has 1 aliphatic heterocycles. The fourth-order valence-corrected chi connectivity index (χ4v) is 2.91. The minimum atomic E-state index is 0.585. The summed E-state index contributed by atoms with van der Waals surface area (Å²) in [4.78, 5) is 17.6. The van der Waals surface area contributed by atoms with Crippen LogP contribution < -0.4 is 16.2 Å². The fourth-order valence-electron chi connectivity index (χ4n) is 2.21. The van der Waals surface area contributed by atoms with Crippen molar-refractivity contribution < 1.29 is 0 Å². The number of nitrogens with two attached hydrogens (primary N) is 1. The van der Waals surface area contributed by atoms with Crippen LogP contribution in [0.1, 0.15) is 5.69 Å². The summed E-state index contributed by atoms with van der Waals surface area (Å²) in [6.07, 6.45) is 5.28. The third-order valence-electron chi connectivity index (χ3n) is 3.30. The van der Waals surface area contributed by atoms with Gasteiger partial charge in [0.05, 0.1) is 18.1 Å². The molecule has 1 aliphatic rings. The highest BCUT2D eigenvalue weighted by atomic mass is 32.1. The fraction of sp³-hybridized carbons (Fsp3) is 0.417. The predicted octanol–water partition coefficient (Wildman–Crippen LogP) is 0.541. The van der Waals surface area contributed by atoms with Crippen LogP contribution in [-0.2, 0) is 6.54 Å². The van der Waals surface area contributed by atoms with Crippen molar-refractivity contribution in [2.24, 2.45) is 5.84 Å². The summed E-state index contributed by atoms with van der Waals surface area (Å²) < 4.78 is 0. The first-order valence-corrected chi connectivity index (χ1v) is 7.37. The highest BCUT2D eigenvalue weighted by Crippen LogP contribution is 2.19. The van der Waals surface area contributed by atoms with Crippen LogP contribution >= 0.6 is 11.3 Å². The molecular formula is C12H17N7S. The average molecular weight is 291 g/mol. The summed E-state index contributed by atoms with van der Waals surface area (Å²) >= 11 is 1.69. The van der Waals surface area contributed by atoms with Crippen molar-refractivity contribution in [3.8, 4) is 0 Å². The third-order valence-corrected chi connectivity index (χ3v) is 4.13. The lowest BCUT2D eigenvalue weighted by Crippen LogP contribution is -2.46. The van der Waals surface area contributed by atoms with E-state index in [2.05, 4.69) is 30.2 Å². The molecule has 3 heterocycles. The zero-order chi connectivity index (χ0) is 13.8. The van der Waals surface area contributed by atoms with Gasteiger partial charge in [-0.1, -0.05) is 0 Å². The first kappa shape index (κ1) is 13.2. The van der Waals surface area contributed by atoms with Gasteiger partial charge in [0, 0.05) is 44.3 Å². The van der Waals surface area contributed by atoms with E-state index in [0.717, 1.165) is 43.5 Å². The lowest BCUT2D eigenvalue weighted by molar-refractivity contribution is 0.247. The van der Waals surface area contributed by atoms with Crippen LogP contribution in [0, 0.1) is 0 Å². The molecule has 1 fully saturated rings. The van der Waals surface area contributed by atoms with E-state index in [1.807, 2.05) is 11.6 Å². The summed E-state index contributed by atoms with van der Waals surface area (Å²) in [5, 5.41) is 3.13. The summed E-state index contributed by atoms with van der Waals surface area (Å²) in [6, 6.07) is 0. The summed E-state index contributed by atoms with van der Waals surface area (Å²) in [5.74, 6) is 5.86. The van der Waals surface area contributed by atoms with Gasteiger partial charge in [-0.25, -0.2) is 15.8 Å². The Morgan fingerprint density at radius 2 is 2.00 bits per heavy atom. The maximum atomic E-state index is 5.27. The first-order valence-electron chi connectivity index (χ1n) is 6.49. The molecule has 3 rings (SSSR count). The van der Waals surface area contributed by atoms with Crippen molar-refractivity contribution in [1.82, 2.24) is 19.9 Å². The van der Waals surface area contributed by atoms with E-state index in [1.165, 1.54) is 0 Å². The molecule has 0 bridgehead atoms. The van der Waals surface area contributed by atoms with Gasteiger partial charge in [0.2, 0.25) is 0 Å². The summed E-state index contributed by atoms with van der Waals surface area (Å²) in [7, 11) is 0. The van der Waals surface area contributed by atoms with Gasteiger partial charge in [-0.3, -0.25) is 9.88 Å². The van der Waals surface area contributed by atoms with Gasteiger partial charge in [-0.05, 0) is 0 Å². The molecule has 0 amide bonds. The van der Waals surface area contributed by atoms with E-state index in [9.17, 15) is 0 Å². The quantitative estimate of drug-likeness (QED) is 0.628. The van der Waals surface area contributed by atoms with Crippen molar-refractivity contribution in [1.29, 1.82) is 0 Å². The second kappa shape index (κ2) is 6.12. The van der Waals surface area contributed by atoms with E-state index in [-0.39, 0.29) is 0 Å².